The van der Waals surface area contributed by atoms with Crippen molar-refractivity contribution in [2.75, 3.05) is 52.5 Å². The van der Waals surface area contributed by atoms with E-state index in [0.717, 1.165) is 18.7 Å². The van der Waals surface area contributed by atoms with Crippen LogP contribution in [0.4, 0.5) is 0 Å². The predicted molar refractivity (Wildman–Crippen MR) is 125 cm³/mol. The number of carbonyl (C=O) groups excluding carboxylic acids is 2. The first-order chi connectivity index (χ1) is 16.5. The smallest absolute Gasteiger partial charge is 0.247 e. The Morgan fingerprint density at radius 2 is 2.00 bits per heavy atom. The number of benzene rings is 1. The van der Waals surface area contributed by atoms with Crippen LogP contribution in [0.25, 0.3) is 0 Å². The molecule has 186 valence electrons. The Morgan fingerprint density at radius 3 is 2.74 bits per heavy atom. The summed E-state index contributed by atoms with van der Waals surface area (Å²) in [5.74, 6) is -0.182. The van der Waals surface area contributed by atoms with Gasteiger partial charge in [-0.25, -0.2) is 0 Å². The van der Waals surface area contributed by atoms with E-state index in [0.29, 0.717) is 50.5 Å². The van der Waals surface area contributed by atoms with E-state index >= 15 is 0 Å². The molecule has 9 heteroatoms. The average molecular weight is 474 g/mol. The van der Waals surface area contributed by atoms with Crippen molar-refractivity contribution >= 4 is 11.8 Å². The summed E-state index contributed by atoms with van der Waals surface area (Å²) >= 11 is 0. The van der Waals surface area contributed by atoms with Crippen LogP contribution in [0.3, 0.4) is 0 Å². The van der Waals surface area contributed by atoms with E-state index in [-0.39, 0.29) is 25.0 Å². The highest BCUT2D eigenvalue weighted by molar-refractivity contribution is 5.96. The molecule has 34 heavy (non-hydrogen) atoms. The van der Waals surface area contributed by atoms with Gasteiger partial charge in [0.05, 0.1) is 31.8 Å². The minimum Gasteiger partial charge on any atom is -0.486 e. The molecular formula is C25H35N3O6. The Morgan fingerprint density at radius 1 is 1.24 bits per heavy atom. The lowest BCUT2D eigenvalue weighted by molar-refractivity contribution is -0.137. The Labute approximate surface area is 200 Å². The normalized spacial score (nSPS) is 26.1. The van der Waals surface area contributed by atoms with Crippen molar-refractivity contribution in [3.05, 3.63) is 41.5 Å². The lowest BCUT2D eigenvalue weighted by Gasteiger charge is -2.41. The summed E-state index contributed by atoms with van der Waals surface area (Å²) in [7, 11) is 0. The second kappa shape index (κ2) is 11.3. The molecule has 0 spiro atoms. The molecule has 0 unspecified atom stereocenters. The summed E-state index contributed by atoms with van der Waals surface area (Å²) < 4.78 is 11.6. The zero-order chi connectivity index (χ0) is 24.1. The fraction of sp³-hybridized carbons (Fsp3) is 0.600. The summed E-state index contributed by atoms with van der Waals surface area (Å²) in [6.07, 6.45) is 1.12. The largest absolute Gasteiger partial charge is 0.486 e. The maximum atomic E-state index is 13.2. The standard InChI is InChI=1S/C25H35N3O6/c1-2-5-21(30)28(10-9-27-11-14-33-15-12-27)19-16-18(25(32)26-8-13-29)22-17-6-3-4-7-20(17)34-24(22)23(19)31/h3-4,6-7,16,19,22-24,29,31H,2,5,8-15H2,1H3,(H,26,32)/t19-,22+,23+,24+/m1/s1. The molecule has 0 saturated carbocycles. The van der Waals surface area contributed by atoms with Crippen molar-refractivity contribution in [3.63, 3.8) is 0 Å². The quantitative estimate of drug-likeness (QED) is 0.472. The number of aliphatic hydroxyl groups excluding tert-OH is 2. The highest BCUT2D eigenvalue weighted by Crippen LogP contribution is 2.47. The first-order valence-corrected chi connectivity index (χ1v) is 12.2. The molecule has 4 atom stereocenters. The number of aliphatic hydroxyl groups is 2. The van der Waals surface area contributed by atoms with Gasteiger partial charge in [-0.3, -0.25) is 14.5 Å². The second-order valence-corrected chi connectivity index (χ2v) is 8.97. The van der Waals surface area contributed by atoms with Crippen LogP contribution >= 0.6 is 0 Å². The van der Waals surface area contributed by atoms with E-state index in [1.54, 1.807) is 11.0 Å². The van der Waals surface area contributed by atoms with Crippen molar-refractivity contribution < 1.29 is 29.3 Å². The van der Waals surface area contributed by atoms with Crippen LogP contribution < -0.4 is 10.1 Å². The molecule has 3 N–H and O–H groups in total. The third kappa shape index (κ3) is 5.12. The van der Waals surface area contributed by atoms with Crippen LogP contribution in [0.2, 0.25) is 0 Å². The van der Waals surface area contributed by atoms with E-state index in [4.69, 9.17) is 9.47 Å². The van der Waals surface area contributed by atoms with Gasteiger partial charge in [0.15, 0.2) is 0 Å². The number of hydrogen-bond donors (Lipinski definition) is 3. The Bertz CT molecular complexity index is 900. The van der Waals surface area contributed by atoms with E-state index in [9.17, 15) is 19.8 Å². The second-order valence-electron chi connectivity index (χ2n) is 8.97. The monoisotopic (exact) mass is 473 g/mol. The van der Waals surface area contributed by atoms with E-state index in [2.05, 4.69) is 10.2 Å². The SMILES string of the molecule is CCCC(=O)N(CCN1CCOCC1)[C@@H]1C=C(C(=O)NCCO)[C@@H]2c3ccccc3O[C@@H]2[C@H]1O. The summed E-state index contributed by atoms with van der Waals surface area (Å²) in [6, 6.07) is 6.78. The minimum atomic E-state index is -0.989. The number of para-hydroxylation sites is 1. The average Bonchev–Trinajstić information content (AvgIpc) is 3.25. The van der Waals surface area contributed by atoms with Crippen LogP contribution in [-0.4, -0.2) is 103 Å². The predicted octanol–water partition coefficient (Wildman–Crippen LogP) is 0.270. The first-order valence-electron chi connectivity index (χ1n) is 12.2. The number of hydrogen-bond acceptors (Lipinski definition) is 7. The van der Waals surface area contributed by atoms with Crippen LogP contribution in [0.5, 0.6) is 5.75 Å². The molecule has 4 rings (SSSR count). The number of amides is 2. The third-order valence-corrected chi connectivity index (χ3v) is 6.78. The lowest BCUT2D eigenvalue weighted by atomic mass is 9.77. The van der Waals surface area contributed by atoms with Crippen molar-refractivity contribution in [1.29, 1.82) is 0 Å². The number of morpholine rings is 1. The maximum absolute atomic E-state index is 13.2. The number of ether oxygens (including phenoxy) is 2. The van der Waals surface area contributed by atoms with Crippen LogP contribution in [0, 0.1) is 0 Å². The Hall–Kier alpha value is -2.46. The molecule has 1 fully saturated rings. The first kappa shape index (κ1) is 24.7. The molecular weight excluding hydrogens is 438 g/mol. The number of rotatable bonds is 9. The fourth-order valence-electron chi connectivity index (χ4n) is 5.06. The van der Waals surface area contributed by atoms with Crippen molar-refractivity contribution in [3.8, 4) is 5.75 Å². The topological polar surface area (TPSA) is 112 Å². The zero-order valence-electron chi connectivity index (χ0n) is 19.7. The lowest BCUT2D eigenvalue weighted by Crippen LogP contribution is -2.57. The third-order valence-electron chi connectivity index (χ3n) is 6.78. The molecule has 2 aliphatic heterocycles. The van der Waals surface area contributed by atoms with E-state index in [1.165, 1.54) is 0 Å². The van der Waals surface area contributed by atoms with Crippen molar-refractivity contribution in [2.45, 2.75) is 43.9 Å². The molecule has 0 radical (unpaired) electrons. The van der Waals surface area contributed by atoms with Gasteiger partial charge in [-0.15, -0.1) is 0 Å². The van der Waals surface area contributed by atoms with Gasteiger partial charge in [0.2, 0.25) is 11.8 Å². The number of fused-ring (bicyclic) bond motifs is 3. The summed E-state index contributed by atoms with van der Waals surface area (Å²) in [6.45, 7) is 5.94. The van der Waals surface area contributed by atoms with E-state index < -0.39 is 24.2 Å². The Balaban J connectivity index is 1.65. The number of carbonyl (C=O) groups is 2. The van der Waals surface area contributed by atoms with Crippen LogP contribution in [0.15, 0.2) is 35.9 Å². The van der Waals surface area contributed by atoms with Gasteiger partial charge in [0, 0.05) is 50.3 Å². The minimum absolute atomic E-state index is 0.0554. The van der Waals surface area contributed by atoms with Gasteiger partial charge in [-0.2, -0.15) is 0 Å². The fourth-order valence-corrected chi connectivity index (χ4v) is 5.06. The molecule has 0 bridgehead atoms. The summed E-state index contributed by atoms with van der Waals surface area (Å²) in [5, 5.41) is 23.4. The highest BCUT2D eigenvalue weighted by Gasteiger charge is 2.50. The molecule has 2 amide bonds. The van der Waals surface area contributed by atoms with Gasteiger partial charge in [0.1, 0.15) is 18.0 Å². The van der Waals surface area contributed by atoms with Gasteiger partial charge in [-0.1, -0.05) is 25.1 Å². The van der Waals surface area contributed by atoms with Gasteiger partial charge < -0.3 is 29.9 Å². The van der Waals surface area contributed by atoms with Gasteiger partial charge in [-0.05, 0) is 18.6 Å². The molecule has 1 aliphatic carbocycles. The van der Waals surface area contributed by atoms with Gasteiger partial charge >= 0.3 is 0 Å². The molecule has 0 aromatic heterocycles. The van der Waals surface area contributed by atoms with Crippen molar-refractivity contribution in [1.82, 2.24) is 15.1 Å². The van der Waals surface area contributed by atoms with Crippen LogP contribution in [0.1, 0.15) is 31.2 Å². The summed E-state index contributed by atoms with van der Waals surface area (Å²) in [4.78, 5) is 30.3. The molecule has 2 heterocycles. The van der Waals surface area contributed by atoms with E-state index in [1.807, 2.05) is 31.2 Å². The highest BCUT2D eigenvalue weighted by atomic mass is 16.5. The molecule has 3 aliphatic rings. The summed E-state index contributed by atoms with van der Waals surface area (Å²) in [5.41, 5.74) is 1.30. The molecule has 9 nitrogen and oxygen atoms in total. The zero-order valence-corrected chi connectivity index (χ0v) is 19.7. The molecule has 1 saturated heterocycles. The van der Waals surface area contributed by atoms with Crippen molar-refractivity contribution in [2.24, 2.45) is 0 Å². The van der Waals surface area contributed by atoms with Crippen LogP contribution in [-0.2, 0) is 14.3 Å². The molecule has 1 aromatic rings. The molecule has 1 aromatic carbocycles. The number of nitrogens with one attached hydrogen (secondary N) is 1. The maximum Gasteiger partial charge on any atom is 0.247 e. The van der Waals surface area contributed by atoms with Gasteiger partial charge in [0.25, 0.3) is 0 Å². The number of nitrogens with zero attached hydrogens (tertiary/aromatic N) is 2. The Kier molecular flexibility index (Phi) is 8.20.